The molecule has 2 aromatic rings. The first-order chi connectivity index (χ1) is 13.9. The molecule has 156 valence electrons. The minimum atomic E-state index is -3.85. The van der Waals surface area contributed by atoms with Crippen LogP contribution in [0.5, 0.6) is 0 Å². The summed E-state index contributed by atoms with van der Waals surface area (Å²) in [5.74, 6) is 0. The van der Waals surface area contributed by atoms with Gasteiger partial charge in [-0.2, -0.15) is 17.4 Å². The fourth-order valence-electron chi connectivity index (χ4n) is 3.00. The van der Waals surface area contributed by atoms with E-state index >= 15 is 0 Å². The number of likely N-dealkylation sites (tertiary alicyclic amines) is 1. The normalized spacial score (nSPS) is 15.9. The summed E-state index contributed by atoms with van der Waals surface area (Å²) >= 11 is 0. The fourth-order valence-corrected chi connectivity index (χ4v) is 3.65. The summed E-state index contributed by atoms with van der Waals surface area (Å²) in [5.41, 5.74) is 1.85. The highest BCUT2D eigenvalue weighted by Gasteiger charge is 2.28. The molecular weight excluding hydrogens is 392 g/mol. The van der Waals surface area contributed by atoms with Gasteiger partial charge in [-0.15, -0.1) is 0 Å². The molecule has 1 aromatic heterocycles. The van der Waals surface area contributed by atoms with Crippen molar-refractivity contribution in [2.75, 3.05) is 27.2 Å². The van der Waals surface area contributed by atoms with Gasteiger partial charge in [0.25, 0.3) is 10.2 Å². The zero-order chi connectivity index (χ0) is 20.9. The Morgan fingerprint density at radius 3 is 2.41 bits per heavy atom. The van der Waals surface area contributed by atoms with Crippen LogP contribution in [-0.2, 0) is 14.9 Å². The van der Waals surface area contributed by atoms with Crippen molar-refractivity contribution in [3.63, 3.8) is 0 Å². The summed E-state index contributed by atoms with van der Waals surface area (Å²) in [7, 11) is -1.05. The number of aromatic nitrogens is 1. The third-order valence-electron chi connectivity index (χ3n) is 4.68. The van der Waals surface area contributed by atoms with Gasteiger partial charge in [-0.3, -0.25) is 0 Å². The maximum Gasteiger partial charge on any atom is 0.411 e. The number of carbonyl (C=O) groups excluding carboxylic acids is 1. The molecule has 1 N–H and O–H groups in total. The Labute approximate surface area is 171 Å². The van der Waals surface area contributed by atoms with Crippen LogP contribution >= 0.6 is 0 Å². The molecule has 29 heavy (non-hydrogen) atoms. The lowest BCUT2D eigenvalue weighted by Gasteiger charge is -2.28. The molecule has 0 aliphatic carbocycles. The molecule has 1 saturated heterocycles. The standard InChI is InChI=1S/C20H26N4O4S/c1-23(2)29(26,27)22-19(28-20(25)24-14-7-4-8-15-24)18-13-9-12-17(21-18)16-10-5-3-6-11-16/h3,5-6,9-13,19,22H,4,7-8,14-15H2,1-2H3. The molecule has 1 fully saturated rings. The molecule has 0 spiro atoms. The third-order valence-corrected chi connectivity index (χ3v) is 6.15. The summed E-state index contributed by atoms with van der Waals surface area (Å²) in [6, 6.07) is 14.7. The van der Waals surface area contributed by atoms with E-state index in [4.69, 9.17) is 4.74 Å². The van der Waals surface area contributed by atoms with Crippen LogP contribution in [0.1, 0.15) is 31.2 Å². The number of ether oxygens (including phenoxy) is 1. The van der Waals surface area contributed by atoms with E-state index in [9.17, 15) is 13.2 Å². The Hall–Kier alpha value is -2.49. The highest BCUT2D eigenvalue weighted by molar-refractivity contribution is 7.87. The van der Waals surface area contributed by atoms with E-state index in [0.29, 0.717) is 24.5 Å². The summed E-state index contributed by atoms with van der Waals surface area (Å²) in [6.07, 6.45) is 1.10. The quantitative estimate of drug-likeness (QED) is 0.729. The van der Waals surface area contributed by atoms with Crippen molar-refractivity contribution in [2.24, 2.45) is 0 Å². The second kappa shape index (κ2) is 9.34. The third kappa shape index (κ3) is 5.53. The van der Waals surface area contributed by atoms with E-state index in [1.165, 1.54) is 14.1 Å². The second-order valence-electron chi connectivity index (χ2n) is 7.03. The van der Waals surface area contributed by atoms with Gasteiger partial charge < -0.3 is 9.64 Å². The maximum absolute atomic E-state index is 12.6. The van der Waals surface area contributed by atoms with Gasteiger partial charge in [0, 0.05) is 32.7 Å². The van der Waals surface area contributed by atoms with Crippen molar-refractivity contribution in [1.29, 1.82) is 0 Å². The average Bonchev–Trinajstić information content (AvgIpc) is 2.74. The lowest BCUT2D eigenvalue weighted by atomic mass is 10.1. The van der Waals surface area contributed by atoms with Gasteiger partial charge in [0.05, 0.1) is 11.4 Å². The molecule has 2 heterocycles. The Morgan fingerprint density at radius 1 is 1.07 bits per heavy atom. The van der Waals surface area contributed by atoms with Crippen LogP contribution in [-0.4, -0.2) is 55.9 Å². The summed E-state index contributed by atoms with van der Waals surface area (Å²) in [5, 5.41) is 0. The molecule has 1 aliphatic rings. The van der Waals surface area contributed by atoms with Crippen LogP contribution in [0.4, 0.5) is 4.79 Å². The maximum atomic E-state index is 12.6. The van der Waals surface area contributed by atoms with Gasteiger partial charge in [0.15, 0.2) is 0 Å². The van der Waals surface area contributed by atoms with E-state index in [-0.39, 0.29) is 0 Å². The lowest BCUT2D eigenvalue weighted by Crippen LogP contribution is -2.43. The Balaban J connectivity index is 1.89. The highest BCUT2D eigenvalue weighted by atomic mass is 32.2. The first kappa shape index (κ1) is 21.2. The van der Waals surface area contributed by atoms with Gasteiger partial charge in [-0.25, -0.2) is 9.78 Å². The largest absolute Gasteiger partial charge is 0.423 e. The molecule has 0 saturated carbocycles. The zero-order valence-electron chi connectivity index (χ0n) is 16.6. The fraction of sp³-hybridized carbons (Fsp3) is 0.400. The number of rotatable bonds is 6. The first-order valence-corrected chi connectivity index (χ1v) is 11.0. The first-order valence-electron chi connectivity index (χ1n) is 9.54. The zero-order valence-corrected chi connectivity index (χ0v) is 17.4. The van der Waals surface area contributed by atoms with E-state index in [0.717, 1.165) is 29.1 Å². The summed E-state index contributed by atoms with van der Waals surface area (Å²) < 4.78 is 33.8. The van der Waals surface area contributed by atoms with Crippen LogP contribution in [0.3, 0.4) is 0 Å². The van der Waals surface area contributed by atoms with Gasteiger partial charge >= 0.3 is 6.09 Å². The lowest BCUT2D eigenvalue weighted by molar-refractivity contribution is 0.0503. The van der Waals surface area contributed by atoms with Crippen LogP contribution in [0.25, 0.3) is 11.3 Å². The number of hydrogen-bond donors (Lipinski definition) is 1. The number of nitrogens with zero attached hydrogens (tertiary/aromatic N) is 3. The van der Waals surface area contributed by atoms with Gasteiger partial charge in [-0.05, 0) is 31.4 Å². The molecule has 0 bridgehead atoms. The number of pyridine rings is 1. The number of hydrogen-bond acceptors (Lipinski definition) is 5. The van der Waals surface area contributed by atoms with E-state index < -0.39 is 22.5 Å². The Kier molecular flexibility index (Phi) is 6.83. The molecule has 0 radical (unpaired) electrons. The van der Waals surface area contributed by atoms with Crippen LogP contribution in [0.2, 0.25) is 0 Å². The van der Waals surface area contributed by atoms with Crippen LogP contribution < -0.4 is 4.72 Å². The predicted octanol–water partition coefficient (Wildman–Crippen LogP) is 2.77. The molecule has 1 unspecified atom stereocenters. The van der Waals surface area contributed by atoms with Crippen molar-refractivity contribution in [2.45, 2.75) is 25.5 Å². The molecule has 3 rings (SSSR count). The van der Waals surface area contributed by atoms with Crippen molar-refractivity contribution >= 4 is 16.3 Å². The number of benzene rings is 1. The summed E-state index contributed by atoms with van der Waals surface area (Å²) in [4.78, 5) is 18.8. The van der Waals surface area contributed by atoms with Crippen molar-refractivity contribution < 1.29 is 17.9 Å². The molecule has 1 aromatic carbocycles. The number of nitrogens with one attached hydrogen (secondary N) is 1. The average molecular weight is 419 g/mol. The second-order valence-corrected chi connectivity index (χ2v) is 8.95. The molecule has 1 atom stereocenters. The van der Waals surface area contributed by atoms with Crippen LogP contribution in [0, 0.1) is 0 Å². The van der Waals surface area contributed by atoms with E-state index in [2.05, 4.69) is 9.71 Å². The smallest absolute Gasteiger partial charge is 0.411 e. The van der Waals surface area contributed by atoms with Gasteiger partial charge in [-0.1, -0.05) is 36.4 Å². The Morgan fingerprint density at radius 2 is 1.76 bits per heavy atom. The van der Waals surface area contributed by atoms with E-state index in [1.54, 1.807) is 17.0 Å². The predicted molar refractivity (Wildman–Crippen MR) is 110 cm³/mol. The van der Waals surface area contributed by atoms with Crippen molar-refractivity contribution in [3.05, 3.63) is 54.2 Å². The molecule has 1 aliphatic heterocycles. The minimum absolute atomic E-state index is 0.308. The number of piperidine rings is 1. The van der Waals surface area contributed by atoms with Gasteiger partial charge in [0.2, 0.25) is 6.23 Å². The van der Waals surface area contributed by atoms with Crippen LogP contribution in [0.15, 0.2) is 48.5 Å². The molecule has 8 nitrogen and oxygen atoms in total. The minimum Gasteiger partial charge on any atom is -0.423 e. The van der Waals surface area contributed by atoms with Crippen molar-refractivity contribution in [3.8, 4) is 11.3 Å². The highest BCUT2D eigenvalue weighted by Crippen LogP contribution is 2.22. The number of amides is 1. The van der Waals surface area contributed by atoms with Crippen molar-refractivity contribution in [1.82, 2.24) is 18.9 Å². The number of carbonyl (C=O) groups is 1. The van der Waals surface area contributed by atoms with Gasteiger partial charge in [0.1, 0.15) is 0 Å². The molecule has 9 heteroatoms. The SMILES string of the molecule is CN(C)S(=O)(=O)NC(OC(=O)N1CCCCC1)c1cccc(-c2ccccc2)n1. The molecular formula is C20H26N4O4S. The summed E-state index contributed by atoms with van der Waals surface area (Å²) in [6.45, 7) is 1.20. The topological polar surface area (TPSA) is 91.8 Å². The monoisotopic (exact) mass is 418 g/mol. The molecule has 1 amide bonds. The Bertz CT molecular complexity index is 929. The van der Waals surface area contributed by atoms with E-state index in [1.807, 2.05) is 36.4 Å².